The molecule has 3 aromatic rings. The molecule has 0 spiro atoms. The fraction of sp³-hybridized carbons (Fsp3) is 0.118. The van der Waals surface area contributed by atoms with Crippen LogP contribution >= 0.6 is 11.3 Å². The largest absolute Gasteiger partial charge is 0.289 e. The van der Waals surface area contributed by atoms with E-state index in [4.69, 9.17) is 0 Å². The standard InChI is InChI=1S/C17H14OS/c1-11-7-8-13(9-12(11)2)17(18)15-10-19-16-6-4-3-5-14(15)16/h3-10H,1-2H3. The molecule has 0 bridgehead atoms. The van der Waals surface area contributed by atoms with Gasteiger partial charge in [-0.3, -0.25) is 4.79 Å². The van der Waals surface area contributed by atoms with E-state index < -0.39 is 0 Å². The lowest BCUT2D eigenvalue weighted by molar-refractivity contribution is 0.104. The molecule has 0 N–H and O–H groups in total. The van der Waals surface area contributed by atoms with Crippen LogP contribution in [-0.2, 0) is 0 Å². The van der Waals surface area contributed by atoms with E-state index in [9.17, 15) is 4.79 Å². The first-order valence-electron chi connectivity index (χ1n) is 6.25. The lowest BCUT2D eigenvalue weighted by Crippen LogP contribution is -2.01. The van der Waals surface area contributed by atoms with Gasteiger partial charge in [-0.1, -0.05) is 30.3 Å². The Hall–Kier alpha value is -1.93. The van der Waals surface area contributed by atoms with Crippen LogP contribution in [0.25, 0.3) is 10.1 Å². The SMILES string of the molecule is Cc1ccc(C(=O)c2csc3ccccc23)cc1C. The molecular weight excluding hydrogens is 252 g/mol. The van der Waals surface area contributed by atoms with Crippen molar-refractivity contribution in [1.29, 1.82) is 0 Å². The fourth-order valence-corrected chi connectivity index (χ4v) is 3.13. The first-order chi connectivity index (χ1) is 9.16. The predicted octanol–water partition coefficient (Wildman–Crippen LogP) is 4.75. The summed E-state index contributed by atoms with van der Waals surface area (Å²) in [6.07, 6.45) is 0. The Balaban J connectivity index is 2.11. The van der Waals surface area contributed by atoms with Crippen LogP contribution in [0, 0.1) is 13.8 Å². The molecule has 0 aliphatic rings. The summed E-state index contributed by atoms with van der Waals surface area (Å²) in [5, 5.41) is 3.01. The van der Waals surface area contributed by atoms with E-state index in [0.29, 0.717) is 0 Å². The van der Waals surface area contributed by atoms with Crippen molar-refractivity contribution >= 4 is 27.2 Å². The molecule has 1 heterocycles. The van der Waals surface area contributed by atoms with Gasteiger partial charge in [-0.25, -0.2) is 0 Å². The highest BCUT2D eigenvalue weighted by Gasteiger charge is 2.14. The molecule has 0 saturated heterocycles. The summed E-state index contributed by atoms with van der Waals surface area (Å²) in [6, 6.07) is 13.9. The number of aryl methyl sites for hydroxylation is 2. The number of fused-ring (bicyclic) bond motifs is 1. The molecule has 1 nitrogen and oxygen atoms in total. The molecule has 0 aliphatic carbocycles. The Morgan fingerprint density at radius 3 is 2.58 bits per heavy atom. The summed E-state index contributed by atoms with van der Waals surface area (Å²) < 4.78 is 1.16. The van der Waals surface area contributed by atoms with Gasteiger partial charge in [-0.2, -0.15) is 0 Å². The molecule has 0 fully saturated rings. The summed E-state index contributed by atoms with van der Waals surface area (Å²) in [5.74, 6) is 0.112. The number of benzene rings is 2. The van der Waals surface area contributed by atoms with Crippen molar-refractivity contribution < 1.29 is 4.79 Å². The molecule has 0 aliphatic heterocycles. The Labute approximate surface area is 116 Å². The van der Waals surface area contributed by atoms with Crippen LogP contribution < -0.4 is 0 Å². The Morgan fingerprint density at radius 1 is 1.00 bits per heavy atom. The Bertz CT molecular complexity index is 768. The van der Waals surface area contributed by atoms with Crippen LogP contribution in [0.5, 0.6) is 0 Å². The number of carbonyl (C=O) groups is 1. The van der Waals surface area contributed by atoms with Crippen LogP contribution in [-0.4, -0.2) is 5.78 Å². The predicted molar refractivity (Wildman–Crippen MR) is 81.2 cm³/mol. The van der Waals surface area contributed by atoms with Crippen LogP contribution in [0.2, 0.25) is 0 Å². The van der Waals surface area contributed by atoms with E-state index in [1.807, 2.05) is 48.7 Å². The molecular formula is C17H14OS. The quantitative estimate of drug-likeness (QED) is 0.612. The number of rotatable bonds is 2. The van der Waals surface area contributed by atoms with Crippen LogP contribution in [0.3, 0.4) is 0 Å². The maximum atomic E-state index is 12.6. The molecule has 2 aromatic carbocycles. The maximum Gasteiger partial charge on any atom is 0.194 e. The average molecular weight is 266 g/mol. The van der Waals surface area contributed by atoms with Gasteiger partial charge in [0.25, 0.3) is 0 Å². The molecule has 0 amide bonds. The van der Waals surface area contributed by atoms with Crippen LogP contribution in [0.15, 0.2) is 47.8 Å². The van der Waals surface area contributed by atoms with Gasteiger partial charge < -0.3 is 0 Å². The highest BCUT2D eigenvalue weighted by Crippen LogP contribution is 2.27. The van der Waals surface area contributed by atoms with Gasteiger partial charge in [-0.15, -0.1) is 11.3 Å². The van der Waals surface area contributed by atoms with Crippen molar-refractivity contribution in [2.45, 2.75) is 13.8 Å². The van der Waals surface area contributed by atoms with Crippen LogP contribution in [0.4, 0.5) is 0 Å². The second kappa shape index (κ2) is 4.63. The summed E-state index contributed by atoms with van der Waals surface area (Å²) in [7, 11) is 0. The van der Waals surface area contributed by atoms with Crippen molar-refractivity contribution in [2.24, 2.45) is 0 Å². The van der Waals surface area contributed by atoms with Crippen molar-refractivity contribution in [1.82, 2.24) is 0 Å². The fourth-order valence-electron chi connectivity index (χ4n) is 2.19. The summed E-state index contributed by atoms with van der Waals surface area (Å²) in [5.41, 5.74) is 3.95. The van der Waals surface area contributed by atoms with Gasteiger partial charge >= 0.3 is 0 Å². The average Bonchev–Trinajstić information content (AvgIpc) is 2.85. The minimum absolute atomic E-state index is 0.112. The summed E-state index contributed by atoms with van der Waals surface area (Å²) >= 11 is 1.62. The number of ketones is 1. The van der Waals surface area contributed by atoms with E-state index in [1.54, 1.807) is 11.3 Å². The smallest absolute Gasteiger partial charge is 0.194 e. The Kier molecular flexibility index (Phi) is 2.96. The first kappa shape index (κ1) is 12.1. The zero-order valence-electron chi connectivity index (χ0n) is 10.9. The van der Waals surface area contributed by atoms with Gasteiger partial charge in [0.05, 0.1) is 0 Å². The number of hydrogen-bond donors (Lipinski definition) is 0. The van der Waals surface area contributed by atoms with E-state index in [0.717, 1.165) is 26.8 Å². The minimum atomic E-state index is 0.112. The third kappa shape index (κ3) is 2.08. The van der Waals surface area contributed by atoms with Gasteiger partial charge in [0, 0.05) is 26.6 Å². The molecule has 0 radical (unpaired) electrons. The van der Waals surface area contributed by atoms with Crippen molar-refractivity contribution in [2.75, 3.05) is 0 Å². The maximum absolute atomic E-state index is 12.6. The van der Waals surface area contributed by atoms with Gasteiger partial charge in [0.1, 0.15) is 0 Å². The number of hydrogen-bond acceptors (Lipinski definition) is 2. The number of thiophene rings is 1. The topological polar surface area (TPSA) is 17.1 Å². The molecule has 0 atom stereocenters. The van der Waals surface area contributed by atoms with Crippen molar-refractivity contribution in [3.05, 3.63) is 70.1 Å². The molecule has 94 valence electrons. The number of carbonyl (C=O) groups excluding carboxylic acids is 1. The highest BCUT2D eigenvalue weighted by molar-refractivity contribution is 7.17. The third-order valence-corrected chi connectivity index (χ3v) is 4.46. The molecule has 19 heavy (non-hydrogen) atoms. The highest BCUT2D eigenvalue weighted by atomic mass is 32.1. The first-order valence-corrected chi connectivity index (χ1v) is 7.13. The van der Waals surface area contributed by atoms with Crippen molar-refractivity contribution in [3.8, 4) is 0 Å². The van der Waals surface area contributed by atoms with Crippen LogP contribution in [0.1, 0.15) is 27.0 Å². The minimum Gasteiger partial charge on any atom is -0.289 e. The van der Waals surface area contributed by atoms with E-state index in [-0.39, 0.29) is 5.78 Å². The second-order valence-electron chi connectivity index (χ2n) is 4.77. The van der Waals surface area contributed by atoms with Gasteiger partial charge in [0.15, 0.2) is 5.78 Å². The molecule has 0 saturated carbocycles. The molecule has 1 aromatic heterocycles. The van der Waals surface area contributed by atoms with E-state index >= 15 is 0 Å². The molecule has 3 rings (SSSR count). The van der Waals surface area contributed by atoms with E-state index in [1.165, 1.54) is 5.56 Å². The molecule has 2 heteroatoms. The van der Waals surface area contributed by atoms with Crippen molar-refractivity contribution in [3.63, 3.8) is 0 Å². The third-order valence-electron chi connectivity index (χ3n) is 3.49. The summed E-state index contributed by atoms with van der Waals surface area (Å²) in [4.78, 5) is 12.6. The summed E-state index contributed by atoms with van der Waals surface area (Å²) in [6.45, 7) is 4.10. The monoisotopic (exact) mass is 266 g/mol. The zero-order valence-corrected chi connectivity index (χ0v) is 11.8. The Morgan fingerprint density at radius 2 is 1.79 bits per heavy atom. The van der Waals surface area contributed by atoms with Gasteiger partial charge in [-0.05, 0) is 37.1 Å². The van der Waals surface area contributed by atoms with Gasteiger partial charge in [0.2, 0.25) is 0 Å². The lowest BCUT2D eigenvalue weighted by Gasteiger charge is -2.04. The molecule has 0 unspecified atom stereocenters. The van der Waals surface area contributed by atoms with E-state index in [2.05, 4.69) is 13.0 Å². The lowest BCUT2D eigenvalue weighted by atomic mass is 9.99. The second-order valence-corrected chi connectivity index (χ2v) is 5.68. The normalized spacial score (nSPS) is 10.8. The zero-order chi connectivity index (χ0) is 13.4.